The average molecular weight is 336 g/mol. The highest BCUT2D eigenvalue weighted by molar-refractivity contribution is 9.10. The molecule has 2 aromatic carbocycles. The van der Waals surface area contributed by atoms with Gasteiger partial charge in [0.05, 0.1) is 4.92 Å². The van der Waals surface area contributed by atoms with Gasteiger partial charge in [-0.25, -0.2) is 0 Å². The summed E-state index contributed by atoms with van der Waals surface area (Å²) >= 11 is 3.40. The van der Waals surface area contributed by atoms with Crippen LogP contribution in [-0.4, -0.2) is 4.92 Å². The molecular weight excluding hydrogens is 322 g/mol. The molecule has 4 nitrogen and oxygen atoms in total. The molecule has 0 bridgehead atoms. The van der Waals surface area contributed by atoms with E-state index in [1.54, 1.807) is 13.0 Å². The predicted octanol–water partition coefficient (Wildman–Crippen LogP) is 4.55. The fraction of sp³-hybridized carbons (Fsp3) is 0.200. The van der Waals surface area contributed by atoms with Gasteiger partial charge in [0.15, 0.2) is 0 Å². The molecule has 0 fully saturated rings. The van der Waals surface area contributed by atoms with E-state index < -0.39 is 0 Å². The number of nitro benzene ring substituents is 1. The van der Waals surface area contributed by atoms with E-state index in [1.807, 2.05) is 31.2 Å². The van der Waals surface area contributed by atoms with Crippen molar-refractivity contribution >= 4 is 21.6 Å². The molecule has 20 heavy (non-hydrogen) atoms. The van der Waals surface area contributed by atoms with Crippen LogP contribution in [0.2, 0.25) is 0 Å². The Balaban J connectivity index is 2.21. The van der Waals surface area contributed by atoms with Crippen LogP contribution in [0.15, 0.2) is 40.9 Å². The zero-order valence-corrected chi connectivity index (χ0v) is 12.8. The molecule has 5 heteroatoms. The number of ether oxygens (including phenoxy) is 1. The summed E-state index contributed by atoms with van der Waals surface area (Å²) in [5.41, 5.74) is 2.61. The van der Waals surface area contributed by atoms with Gasteiger partial charge in [0.25, 0.3) is 5.69 Å². The number of benzene rings is 2. The van der Waals surface area contributed by atoms with E-state index in [2.05, 4.69) is 15.9 Å². The summed E-state index contributed by atoms with van der Waals surface area (Å²) in [6, 6.07) is 10.8. The summed E-state index contributed by atoms with van der Waals surface area (Å²) in [6.45, 7) is 4.01. The standard InChI is InChI=1S/C15H14BrNO3/c1-10-6-7-13(16)8-15(10)20-9-12-4-3-5-14(11(12)2)17(18)19/h3-8H,9H2,1-2H3. The number of hydrogen-bond donors (Lipinski definition) is 0. The molecule has 2 rings (SSSR count). The first kappa shape index (κ1) is 14.5. The highest BCUT2D eigenvalue weighted by Crippen LogP contribution is 2.26. The average Bonchev–Trinajstić information content (AvgIpc) is 2.41. The summed E-state index contributed by atoms with van der Waals surface area (Å²) in [4.78, 5) is 10.5. The fourth-order valence-corrected chi connectivity index (χ4v) is 2.25. The number of halogens is 1. The third-order valence-electron chi connectivity index (χ3n) is 3.15. The first-order chi connectivity index (χ1) is 9.49. The van der Waals surface area contributed by atoms with Crippen molar-refractivity contribution in [2.45, 2.75) is 20.5 Å². The minimum Gasteiger partial charge on any atom is -0.489 e. The van der Waals surface area contributed by atoms with Crippen molar-refractivity contribution in [2.75, 3.05) is 0 Å². The Kier molecular flexibility index (Phi) is 4.39. The predicted molar refractivity (Wildman–Crippen MR) is 81.0 cm³/mol. The summed E-state index contributed by atoms with van der Waals surface area (Å²) < 4.78 is 6.71. The smallest absolute Gasteiger partial charge is 0.272 e. The van der Waals surface area contributed by atoms with Gasteiger partial charge >= 0.3 is 0 Å². The van der Waals surface area contributed by atoms with Crippen molar-refractivity contribution in [2.24, 2.45) is 0 Å². The molecule has 104 valence electrons. The van der Waals surface area contributed by atoms with Crippen LogP contribution < -0.4 is 4.74 Å². The monoisotopic (exact) mass is 335 g/mol. The van der Waals surface area contributed by atoms with Gasteiger partial charge in [0.1, 0.15) is 12.4 Å². The molecule has 0 heterocycles. The van der Waals surface area contributed by atoms with E-state index in [1.165, 1.54) is 6.07 Å². The third-order valence-corrected chi connectivity index (χ3v) is 3.64. The first-order valence-corrected chi connectivity index (χ1v) is 6.90. The van der Waals surface area contributed by atoms with E-state index in [0.29, 0.717) is 12.2 Å². The van der Waals surface area contributed by atoms with E-state index in [4.69, 9.17) is 4.74 Å². The zero-order valence-electron chi connectivity index (χ0n) is 11.2. The fourth-order valence-electron chi connectivity index (χ4n) is 1.91. The Bertz CT molecular complexity index is 656. The summed E-state index contributed by atoms with van der Waals surface area (Å²) in [7, 11) is 0. The van der Waals surface area contributed by atoms with Crippen molar-refractivity contribution in [1.29, 1.82) is 0 Å². The van der Waals surface area contributed by atoms with Crippen LogP contribution in [0.3, 0.4) is 0 Å². The Labute approximate surface area is 125 Å². The summed E-state index contributed by atoms with van der Waals surface area (Å²) in [6.07, 6.45) is 0. The Morgan fingerprint density at radius 2 is 2.00 bits per heavy atom. The van der Waals surface area contributed by atoms with Crippen LogP contribution in [0.1, 0.15) is 16.7 Å². The van der Waals surface area contributed by atoms with Gasteiger partial charge < -0.3 is 4.74 Å². The van der Waals surface area contributed by atoms with Gasteiger partial charge in [-0.2, -0.15) is 0 Å². The van der Waals surface area contributed by atoms with Crippen LogP contribution >= 0.6 is 15.9 Å². The second-order valence-corrected chi connectivity index (χ2v) is 5.43. The van der Waals surface area contributed by atoms with Gasteiger partial charge in [0, 0.05) is 16.1 Å². The molecule has 0 N–H and O–H groups in total. The molecule has 2 aromatic rings. The lowest BCUT2D eigenvalue weighted by molar-refractivity contribution is -0.385. The van der Waals surface area contributed by atoms with Crippen molar-refractivity contribution in [3.8, 4) is 5.75 Å². The molecule has 0 amide bonds. The molecule has 0 aliphatic rings. The van der Waals surface area contributed by atoms with Crippen LogP contribution in [0.4, 0.5) is 5.69 Å². The van der Waals surface area contributed by atoms with E-state index in [9.17, 15) is 10.1 Å². The largest absolute Gasteiger partial charge is 0.489 e. The maximum atomic E-state index is 10.9. The lowest BCUT2D eigenvalue weighted by Gasteiger charge is -2.11. The SMILES string of the molecule is Cc1ccc(Br)cc1OCc1cccc([N+](=O)[O-])c1C. The summed E-state index contributed by atoms with van der Waals surface area (Å²) in [5.74, 6) is 0.769. The minimum atomic E-state index is -0.372. The van der Waals surface area contributed by atoms with Gasteiger partial charge in [-0.1, -0.05) is 34.1 Å². The molecule has 0 aliphatic carbocycles. The molecule has 0 saturated heterocycles. The minimum absolute atomic E-state index is 0.122. The topological polar surface area (TPSA) is 52.4 Å². The quantitative estimate of drug-likeness (QED) is 0.608. The Hall–Kier alpha value is -1.88. The second kappa shape index (κ2) is 6.05. The van der Waals surface area contributed by atoms with Crippen molar-refractivity contribution in [3.05, 3.63) is 67.7 Å². The summed E-state index contributed by atoms with van der Waals surface area (Å²) in [5, 5.41) is 10.9. The van der Waals surface area contributed by atoms with E-state index in [0.717, 1.165) is 21.3 Å². The number of hydrogen-bond acceptors (Lipinski definition) is 3. The molecule has 0 aromatic heterocycles. The molecule has 0 radical (unpaired) electrons. The van der Waals surface area contributed by atoms with Crippen LogP contribution in [0.25, 0.3) is 0 Å². The molecule has 0 spiro atoms. The lowest BCUT2D eigenvalue weighted by atomic mass is 10.1. The zero-order chi connectivity index (χ0) is 14.7. The number of aryl methyl sites for hydroxylation is 1. The van der Waals surface area contributed by atoms with E-state index >= 15 is 0 Å². The van der Waals surface area contributed by atoms with Crippen molar-refractivity contribution < 1.29 is 9.66 Å². The van der Waals surface area contributed by atoms with Crippen molar-refractivity contribution in [3.63, 3.8) is 0 Å². The molecular formula is C15H14BrNO3. The highest BCUT2D eigenvalue weighted by Gasteiger charge is 2.13. The van der Waals surface area contributed by atoms with Gasteiger partial charge in [-0.05, 0) is 37.1 Å². The van der Waals surface area contributed by atoms with Crippen molar-refractivity contribution in [1.82, 2.24) is 0 Å². The Morgan fingerprint density at radius 1 is 1.25 bits per heavy atom. The van der Waals surface area contributed by atoms with E-state index in [-0.39, 0.29) is 10.6 Å². The molecule has 0 unspecified atom stereocenters. The van der Waals surface area contributed by atoms with Crippen LogP contribution in [0, 0.1) is 24.0 Å². The number of nitrogens with zero attached hydrogens (tertiary/aromatic N) is 1. The highest BCUT2D eigenvalue weighted by atomic mass is 79.9. The molecule has 0 atom stereocenters. The maximum absolute atomic E-state index is 10.9. The van der Waals surface area contributed by atoms with Gasteiger partial charge in [-0.15, -0.1) is 0 Å². The number of rotatable bonds is 4. The Morgan fingerprint density at radius 3 is 2.70 bits per heavy atom. The van der Waals surface area contributed by atoms with Gasteiger partial charge in [0.2, 0.25) is 0 Å². The normalized spacial score (nSPS) is 10.3. The van der Waals surface area contributed by atoms with Gasteiger partial charge in [-0.3, -0.25) is 10.1 Å². The molecule has 0 aliphatic heterocycles. The van der Waals surface area contributed by atoms with Crippen LogP contribution in [-0.2, 0) is 6.61 Å². The first-order valence-electron chi connectivity index (χ1n) is 6.11. The lowest BCUT2D eigenvalue weighted by Crippen LogP contribution is -2.01. The third kappa shape index (κ3) is 3.17. The molecule has 0 saturated carbocycles. The maximum Gasteiger partial charge on any atom is 0.272 e. The second-order valence-electron chi connectivity index (χ2n) is 4.52. The van der Waals surface area contributed by atoms with Crippen LogP contribution in [0.5, 0.6) is 5.75 Å². The number of nitro groups is 1.